The lowest BCUT2D eigenvalue weighted by atomic mass is 9.76. The van der Waals surface area contributed by atoms with Gasteiger partial charge in [0.2, 0.25) is 11.8 Å². The van der Waals surface area contributed by atoms with Crippen molar-refractivity contribution >= 4 is 11.8 Å². The summed E-state index contributed by atoms with van der Waals surface area (Å²) in [7, 11) is 0. The van der Waals surface area contributed by atoms with Gasteiger partial charge in [0.15, 0.2) is 0 Å². The summed E-state index contributed by atoms with van der Waals surface area (Å²) in [6.45, 7) is -1.89. The first kappa shape index (κ1) is 22.6. The van der Waals surface area contributed by atoms with Crippen LogP contribution in [0.5, 0.6) is 5.75 Å². The molecule has 1 aliphatic heterocycles. The van der Waals surface area contributed by atoms with Gasteiger partial charge < -0.3 is 25.2 Å². The van der Waals surface area contributed by atoms with E-state index in [4.69, 9.17) is 9.84 Å². The van der Waals surface area contributed by atoms with Crippen LogP contribution in [0.3, 0.4) is 0 Å². The number of amides is 2. The standard InChI is InChI=1S/C22H25F3N2O5/c23-22(24,25)11-27(21(31)12-4-3-5-12)15-10-14(20(30)26-8-9-28)17-13-6-1-2-7-16(13)32-19(17)18(15)29/h1-2,6-7,10,12,15,17-19,28-29H,3-5,8-9,11H2,(H,26,30). The molecule has 0 saturated heterocycles. The molecule has 1 aromatic rings. The van der Waals surface area contributed by atoms with Crippen LogP contribution in [0.4, 0.5) is 13.2 Å². The van der Waals surface area contributed by atoms with Gasteiger partial charge in [-0.15, -0.1) is 0 Å². The average Bonchev–Trinajstić information content (AvgIpc) is 3.09. The van der Waals surface area contributed by atoms with E-state index in [-0.39, 0.29) is 18.7 Å². The number of carbonyl (C=O) groups excluding carboxylic acids is 2. The quantitative estimate of drug-likeness (QED) is 0.605. The number of hydrogen-bond donors (Lipinski definition) is 3. The second-order valence-electron chi connectivity index (χ2n) is 8.39. The summed E-state index contributed by atoms with van der Waals surface area (Å²) in [5.74, 6) is -2.07. The number of hydrogen-bond acceptors (Lipinski definition) is 5. The first-order chi connectivity index (χ1) is 15.2. The van der Waals surface area contributed by atoms with E-state index < -0.39 is 54.6 Å². The second kappa shape index (κ2) is 8.74. The summed E-state index contributed by atoms with van der Waals surface area (Å²) in [5, 5.41) is 22.7. The van der Waals surface area contributed by atoms with Crippen LogP contribution in [-0.4, -0.2) is 71.0 Å². The molecule has 4 atom stereocenters. The lowest BCUT2D eigenvalue weighted by Crippen LogP contribution is -2.58. The van der Waals surface area contributed by atoms with Crippen molar-refractivity contribution in [3.8, 4) is 5.75 Å². The number of benzene rings is 1. The van der Waals surface area contributed by atoms with E-state index in [1.807, 2.05) is 0 Å². The molecule has 32 heavy (non-hydrogen) atoms. The number of alkyl halides is 3. The SMILES string of the molecule is O=C(NCCO)C1=CC(N(CC(F)(F)F)C(=O)C2CCC2)C(O)C2Oc3ccccc3C12. The van der Waals surface area contributed by atoms with Crippen molar-refractivity contribution in [2.75, 3.05) is 19.7 Å². The molecule has 1 fully saturated rings. The molecule has 1 heterocycles. The van der Waals surface area contributed by atoms with Crippen LogP contribution in [0.2, 0.25) is 0 Å². The molecular weight excluding hydrogens is 429 g/mol. The highest BCUT2D eigenvalue weighted by molar-refractivity contribution is 5.96. The van der Waals surface area contributed by atoms with Crippen molar-refractivity contribution in [3.05, 3.63) is 41.5 Å². The molecule has 10 heteroatoms. The Morgan fingerprint density at radius 1 is 1.22 bits per heavy atom. The summed E-state index contributed by atoms with van der Waals surface area (Å²) < 4.78 is 46.1. The van der Waals surface area contributed by atoms with Crippen LogP contribution < -0.4 is 10.1 Å². The molecule has 4 rings (SSSR count). The first-order valence-electron chi connectivity index (χ1n) is 10.6. The van der Waals surface area contributed by atoms with Crippen LogP contribution in [0.1, 0.15) is 30.7 Å². The number of aliphatic hydroxyl groups is 2. The van der Waals surface area contributed by atoms with Gasteiger partial charge in [0.1, 0.15) is 24.5 Å². The monoisotopic (exact) mass is 454 g/mol. The fourth-order valence-electron chi connectivity index (χ4n) is 4.60. The topological polar surface area (TPSA) is 99.1 Å². The molecule has 174 valence electrons. The smallest absolute Gasteiger partial charge is 0.406 e. The Morgan fingerprint density at radius 2 is 1.94 bits per heavy atom. The third-order valence-electron chi connectivity index (χ3n) is 6.32. The Balaban J connectivity index is 1.74. The fraction of sp³-hybridized carbons (Fsp3) is 0.545. The van der Waals surface area contributed by atoms with Gasteiger partial charge in [0.05, 0.1) is 18.6 Å². The minimum atomic E-state index is -4.68. The molecule has 2 amide bonds. The van der Waals surface area contributed by atoms with Crippen molar-refractivity contribution in [1.29, 1.82) is 0 Å². The maximum absolute atomic E-state index is 13.4. The number of rotatable bonds is 6. The van der Waals surface area contributed by atoms with Gasteiger partial charge in [0.25, 0.3) is 0 Å². The van der Waals surface area contributed by atoms with Crippen molar-refractivity contribution in [2.45, 2.75) is 49.6 Å². The Kier molecular flexibility index (Phi) is 6.17. The van der Waals surface area contributed by atoms with E-state index in [0.717, 1.165) is 6.42 Å². The molecule has 0 radical (unpaired) electrons. The highest BCUT2D eigenvalue weighted by Gasteiger charge is 2.52. The molecule has 3 aliphatic rings. The maximum atomic E-state index is 13.4. The zero-order chi connectivity index (χ0) is 23.0. The molecule has 2 aliphatic carbocycles. The number of para-hydroxylation sites is 1. The highest BCUT2D eigenvalue weighted by atomic mass is 19.4. The van der Waals surface area contributed by atoms with Gasteiger partial charge in [-0.3, -0.25) is 9.59 Å². The van der Waals surface area contributed by atoms with Gasteiger partial charge >= 0.3 is 6.18 Å². The van der Waals surface area contributed by atoms with Crippen molar-refractivity contribution < 1.29 is 37.7 Å². The Hall–Kier alpha value is -2.59. The third kappa shape index (κ3) is 4.21. The Morgan fingerprint density at radius 3 is 2.56 bits per heavy atom. The Bertz CT molecular complexity index is 915. The van der Waals surface area contributed by atoms with E-state index in [2.05, 4.69) is 5.32 Å². The van der Waals surface area contributed by atoms with E-state index in [9.17, 15) is 27.9 Å². The number of fused-ring (bicyclic) bond motifs is 3. The summed E-state index contributed by atoms with van der Waals surface area (Å²) in [6.07, 6.45) is -4.16. The van der Waals surface area contributed by atoms with Gasteiger partial charge in [-0.05, 0) is 25.0 Å². The molecule has 0 spiro atoms. The number of ether oxygens (including phenoxy) is 1. The minimum Gasteiger partial charge on any atom is -0.486 e. The van der Waals surface area contributed by atoms with Crippen molar-refractivity contribution in [3.63, 3.8) is 0 Å². The predicted molar refractivity (Wildman–Crippen MR) is 107 cm³/mol. The maximum Gasteiger partial charge on any atom is 0.406 e. The van der Waals surface area contributed by atoms with E-state index in [0.29, 0.717) is 29.1 Å². The average molecular weight is 454 g/mol. The number of nitrogens with zero attached hydrogens (tertiary/aromatic N) is 1. The lowest BCUT2D eigenvalue weighted by Gasteiger charge is -2.42. The van der Waals surface area contributed by atoms with Crippen LogP contribution in [-0.2, 0) is 9.59 Å². The van der Waals surface area contributed by atoms with Crippen LogP contribution >= 0.6 is 0 Å². The predicted octanol–water partition coefficient (Wildman–Crippen LogP) is 1.50. The molecule has 1 saturated carbocycles. The number of carbonyl (C=O) groups is 2. The summed E-state index contributed by atoms with van der Waals surface area (Å²) in [4.78, 5) is 26.4. The van der Waals surface area contributed by atoms with Crippen molar-refractivity contribution in [1.82, 2.24) is 10.2 Å². The number of nitrogens with one attached hydrogen (secondary N) is 1. The summed E-state index contributed by atoms with van der Waals surface area (Å²) in [5.41, 5.74) is 0.741. The Labute approximate surface area is 182 Å². The first-order valence-corrected chi connectivity index (χ1v) is 10.6. The molecule has 3 N–H and O–H groups in total. The largest absolute Gasteiger partial charge is 0.486 e. The van der Waals surface area contributed by atoms with Gasteiger partial charge in [0, 0.05) is 23.6 Å². The zero-order valence-electron chi connectivity index (χ0n) is 17.2. The third-order valence-corrected chi connectivity index (χ3v) is 6.32. The number of aliphatic hydroxyl groups excluding tert-OH is 2. The van der Waals surface area contributed by atoms with Crippen molar-refractivity contribution in [2.24, 2.45) is 5.92 Å². The molecular formula is C22H25F3N2O5. The molecule has 0 aromatic heterocycles. The highest BCUT2D eigenvalue weighted by Crippen LogP contribution is 2.47. The summed E-state index contributed by atoms with van der Waals surface area (Å²) >= 11 is 0. The van der Waals surface area contributed by atoms with Gasteiger partial charge in [-0.2, -0.15) is 13.2 Å². The molecule has 7 nitrogen and oxygen atoms in total. The fourth-order valence-corrected chi connectivity index (χ4v) is 4.60. The van der Waals surface area contributed by atoms with Gasteiger partial charge in [-0.1, -0.05) is 24.6 Å². The molecule has 0 bridgehead atoms. The van der Waals surface area contributed by atoms with E-state index in [1.165, 1.54) is 6.08 Å². The second-order valence-corrected chi connectivity index (χ2v) is 8.39. The van der Waals surface area contributed by atoms with Crippen LogP contribution in [0.25, 0.3) is 0 Å². The normalized spacial score (nSPS) is 26.8. The minimum absolute atomic E-state index is 0.0451. The molecule has 4 unspecified atom stereocenters. The van der Waals surface area contributed by atoms with Gasteiger partial charge in [-0.25, -0.2) is 0 Å². The van der Waals surface area contributed by atoms with Crippen LogP contribution in [0.15, 0.2) is 35.9 Å². The van der Waals surface area contributed by atoms with Crippen LogP contribution in [0, 0.1) is 5.92 Å². The van der Waals surface area contributed by atoms with E-state index in [1.54, 1.807) is 24.3 Å². The molecule has 1 aromatic carbocycles. The number of halogens is 3. The summed E-state index contributed by atoms with van der Waals surface area (Å²) in [6, 6.07) is 5.46. The lowest BCUT2D eigenvalue weighted by molar-refractivity contribution is -0.174. The van der Waals surface area contributed by atoms with E-state index >= 15 is 0 Å². The zero-order valence-corrected chi connectivity index (χ0v) is 17.2.